The molecule has 1 fully saturated rings. The first-order valence-electron chi connectivity index (χ1n) is 12.2. The Morgan fingerprint density at radius 2 is 1.33 bits per heavy atom. The highest BCUT2D eigenvalue weighted by molar-refractivity contribution is 7.88. The topological polar surface area (TPSA) is 64.6 Å². The normalized spacial score (nSPS) is 21.1. The molecule has 0 bridgehead atoms. The number of benzene rings is 1. The highest BCUT2D eigenvalue weighted by Crippen LogP contribution is 2.45. The van der Waals surface area contributed by atoms with Crippen LogP contribution in [0.4, 0.5) is 0 Å². The number of sulfonamides is 1. The van der Waals surface area contributed by atoms with Crippen LogP contribution in [0.1, 0.15) is 78.7 Å². The second-order valence-electron chi connectivity index (χ2n) is 12.9. The van der Waals surface area contributed by atoms with Crippen molar-refractivity contribution in [2.24, 2.45) is 0 Å². The summed E-state index contributed by atoms with van der Waals surface area (Å²) in [7, 11) is -7.17. The van der Waals surface area contributed by atoms with Crippen LogP contribution in [0, 0.1) is 0 Å². The highest BCUT2D eigenvalue weighted by atomic mass is 32.2. The van der Waals surface area contributed by atoms with E-state index in [4.69, 9.17) is 8.85 Å². The Morgan fingerprint density at radius 1 is 0.848 bits per heavy atom. The van der Waals surface area contributed by atoms with Crippen LogP contribution < -0.4 is 13.6 Å². The summed E-state index contributed by atoms with van der Waals surface area (Å²) >= 11 is 0. The summed E-state index contributed by atoms with van der Waals surface area (Å²) in [5.41, 5.74) is 1.24. The van der Waals surface area contributed by atoms with Gasteiger partial charge in [0.15, 0.2) is 0 Å². The van der Waals surface area contributed by atoms with Crippen molar-refractivity contribution in [3.05, 3.63) is 23.8 Å². The molecule has 1 aromatic rings. The van der Waals surface area contributed by atoms with Gasteiger partial charge in [-0.25, -0.2) is 13.1 Å². The summed E-state index contributed by atoms with van der Waals surface area (Å²) in [6.45, 7) is 22.6. The predicted molar refractivity (Wildman–Crippen MR) is 145 cm³/mol. The minimum Gasteiger partial charge on any atom is -0.543 e. The summed E-state index contributed by atoms with van der Waals surface area (Å²) in [6.07, 6.45) is 4.83. The molecule has 0 atom stereocenters. The van der Waals surface area contributed by atoms with Crippen LogP contribution in [0.15, 0.2) is 18.2 Å². The van der Waals surface area contributed by atoms with Crippen molar-refractivity contribution in [2.45, 2.75) is 115 Å². The van der Waals surface area contributed by atoms with Gasteiger partial charge >= 0.3 is 0 Å². The molecule has 1 aliphatic carbocycles. The first-order valence-corrected chi connectivity index (χ1v) is 19.9. The van der Waals surface area contributed by atoms with Crippen molar-refractivity contribution in [2.75, 3.05) is 6.26 Å². The molecule has 1 aliphatic rings. The van der Waals surface area contributed by atoms with Crippen LogP contribution in [-0.4, -0.2) is 37.4 Å². The smallest absolute Gasteiger partial charge is 0.250 e. The average Bonchev–Trinajstić information content (AvgIpc) is 2.59. The van der Waals surface area contributed by atoms with Crippen LogP contribution in [-0.2, 0) is 10.0 Å². The van der Waals surface area contributed by atoms with Gasteiger partial charge in [-0.1, -0.05) is 47.6 Å². The van der Waals surface area contributed by atoms with E-state index in [9.17, 15) is 8.42 Å². The van der Waals surface area contributed by atoms with E-state index in [0.717, 1.165) is 37.2 Å². The van der Waals surface area contributed by atoms with Crippen LogP contribution in [0.25, 0.3) is 0 Å². The lowest BCUT2D eigenvalue weighted by atomic mass is 9.81. The fourth-order valence-electron chi connectivity index (χ4n) is 3.70. The summed E-state index contributed by atoms with van der Waals surface area (Å²) in [6, 6.07) is 6.45. The Bertz CT molecular complexity index is 923. The van der Waals surface area contributed by atoms with Crippen LogP contribution in [0.2, 0.25) is 36.3 Å². The summed E-state index contributed by atoms with van der Waals surface area (Å²) < 4.78 is 39.5. The van der Waals surface area contributed by atoms with Gasteiger partial charge in [-0.15, -0.1) is 0 Å². The minimum atomic E-state index is -3.17. The fraction of sp³-hybridized carbons (Fsp3) is 0.760. The van der Waals surface area contributed by atoms with Gasteiger partial charge in [0, 0.05) is 12.1 Å². The Labute approximate surface area is 205 Å². The van der Waals surface area contributed by atoms with E-state index in [-0.39, 0.29) is 16.1 Å². The Balaban J connectivity index is 2.36. The van der Waals surface area contributed by atoms with Crippen molar-refractivity contribution in [1.29, 1.82) is 0 Å². The molecule has 190 valence electrons. The maximum atomic E-state index is 11.6. The summed E-state index contributed by atoms with van der Waals surface area (Å²) in [4.78, 5) is 0. The molecule has 0 amide bonds. The van der Waals surface area contributed by atoms with Crippen LogP contribution in [0.5, 0.6) is 11.5 Å². The first-order chi connectivity index (χ1) is 14.7. The lowest BCUT2D eigenvalue weighted by molar-refractivity contribution is 0.367. The first kappa shape index (κ1) is 28.4. The summed E-state index contributed by atoms with van der Waals surface area (Å²) in [5, 5.41) is 0.217. The van der Waals surface area contributed by atoms with E-state index >= 15 is 0 Å². The third-order valence-electron chi connectivity index (χ3n) is 7.88. The van der Waals surface area contributed by atoms with E-state index < -0.39 is 26.7 Å². The van der Waals surface area contributed by atoms with Gasteiger partial charge in [0.05, 0.1) is 6.26 Å². The molecular formula is C25H47NO4SSi2. The molecule has 1 aromatic carbocycles. The van der Waals surface area contributed by atoms with E-state index in [0.29, 0.717) is 5.92 Å². The molecule has 0 spiro atoms. The standard InChI is InChI=1S/C25H47NO4SSi2/c1-24(2,3)32(8,9)29-21-16-17-22(23(18-21)30-33(10,11)25(4,5)6)19-12-14-20(15-13-19)26-31(7,27)28/h16-20,26H,12-15H2,1-11H3/t19-,20-. The zero-order valence-corrected chi connectivity index (χ0v) is 25.6. The SMILES string of the molecule is CC(C)(C)[Si](C)(C)Oc1ccc([C@H]2CC[C@H](NS(C)(=O)=O)CC2)c(O[Si](C)(C)C(C)(C)C)c1. The minimum absolute atomic E-state index is 0.0298. The van der Waals surface area contributed by atoms with Crippen LogP contribution >= 0.6 is 0 Å². The fourth-order valence-corrected chi connectivity index (χ4v) is 6.60. The van der Waals surface area contributed by atoms with Crippen LogP contribution in [0.3, 0.4) is 0 Å². The van der Waals surface area contributed by atoms with Crippen molar-refractivity contribution >= 4 is 26.7 Å². The van der Waals surface area contributed by atoms with Crippen molar-refractivity contribution in [1.82, 2.24) is 4.72 Å². The molecule has 1 N–H and O–H groups in total. The monoisotopic (exact) mass is 513 g/mol. The summed E-state index contributed by atoms with van der Waals surface area (Å²) in [5.74, 6) is 2.22. The van der Waals surface area contributed by atoms with Gasteiger partial charge < -0.3 is 8.85 Å². The third-order valence-corrected chi connectivity index (χ3v) is 17.3. The van der Waals surface area contributed by atoms with Crippen molar-refractivity contribution in [3.8, 4) is 11.5 Å². The average molecular weight is 514 g/mol. The third kappa shape index (κ3) is 7.57. The Hall–Kier alpha value is -0.836. The molecule has 5 nitrogen and oxygen atoms in total. The molecule has 0 saturated heterocycles. The molecule has 0 radical (unpaired) electrons. The molecule has 0 aromatic heterocycles. The van der Waals surface area contributed by atoms with Gasteiger partial charge in [-0.3, -0.25) is 0 Å². The molecular weight excluding hydrogens is 467 g/mol. The van der Waals surface area contributed by atoms with Gasteiger partial charge in [-0.05, 0) is 79.5 Å². The Morgan fingerprint density at radius 3 is 1.79 bits per heavy atom. The molecule has 33 heavy (non-hydrogen) atoms. The van der Waals surface area contributed by atoms with E-state index in [1.165, 1.54) is 11.8 Å². The van der Waals surface area contributed by atoms with Gasteiger partial charge in [0.1, 0.15) is 11.5 Å². The second-order valence-corrected chi connectivity index (χ2v) is 24.1. The number of nitrogens with one attached hydrogen (secondary N) is 1. The lowest BCUT2D eigenvalue weighted by Crippen LogP contribution is -2.44. The molecule has 1 saturated carbocycles. The van der Waals surface area contributed by atoms with E-state index in [1.807, 2.05) is 0 Å². The van der Waals surface area contributed by atoms with Gasteiger partial charge in [-0.2, -0.15) is 0 Å². The van der Waals surface area contributed by atoms with Crippen molar-refractivity contribution < 1.29 is 17.3 Å². The molecule has 2 rings (SSSR count). The number of hydrogen-bond acceptors (Lipinski definition) is 4. The molecule has 0 unspecified atom stereocenters. The molecule has 0 heterocycles. The zero-order chi connectivity index (χ0) is 25.5. The van der Waals surface area contributed by atoms with Gasteiger partial charge in [0.2, 0.25) is 26.7 Å². The number of rotatable bonds is 7. The van der Waals surface area contributed by atoms with Gasteiger partial charge in [0.25, 0.3) is 0 Å². The predicted octanol–water partition coefficient (Wildman–Crippen LogP) is 7.03. The van der Waals surface area contributed by atoms with E-state index in [1.54, 1.807) is 0 Å². The lowest BCUT2D eigenvalue weighted by Gasteiger charge is -2.39. The quantitative estimate of drug-likeness (QED) is 0.397. The highest BCUT2D eigenvalue weighted by Gasteiger charge is 2.41. The zero-order valence-electron chi connectivity index (χ0n) is 22.8. The number of hydrogen-bond donors (Lipinski definition) is 1. The maximum absolute atomic E-state index is 11.6. The van der Waals surface area contributed by atoms with E-state index in [2.05, 4.69) is 90.7 Å². The molecule has 0 aliphatic heterocycles. The largest absolute Gasteiger partial charge is 0.543 e. The van der Waals surface area contributed by atoms with Crippen molar-refractivity contribution in [3.63, 3.8) is 0 Å². The second kappa shape index (κ2) is 9.67. The maximum Gasteiger partial charge on any atom is 0.250 e. The molecule has 8 heteroatoms. The Kier molecular flexibility index (Phi) is 8.32.